The van der Waals surface area contributed by atoms with Crippen molar-refractivity contribution >= 4 is 36.0 Å². The van der Waals surface area contributed by atoms with E-state index in [0.29, 0.717) is 12.8 Å². The van der Waals surface area contributed by atoms with Crippen molar-refractivity contribution in [2.45, 2.75) is 44.9 Å². The normalized spacial score (nSPS) is 11.2. The lowest BCUT2D eigenvalue weighted by Gasteiger charge is -2.02. The maximum absolute atomic E-state index is 11.7. The van der Waals surface area contributed by atoms with Crippen LogP contribution >= 0.6 is 0 Å². The number of carbonyl (C=O) groups excluding carboxylic acids is 2. The summed E-state index contributed by atoms with van der Waals surface area (Å²) >= 11 is 0. The molecule has 2 amide bonds. The van der Waals surface area contributed by atoms with Crippen molar-refractivity contribution in [2.24, 2.45) is 10.2 Å². The topological polar surface area (TPSA) is 195 Å². The fourth-order valence-electron chi connectivity index (χ4n) is 2.57. The SMILES string of the molecule is O=C(CCCCCCCC(=O)NN=Cc1ccc([N+](=O)[O-])o1)NN=Cc1ccc([N+](=O)[O-])o1. The zero-order valence-electron chi connectivity index (χ0n) is 17.5. The maximum Gasteiger partial charge on any atom is 0.433 e. The summed E-state index contributed by atoms with van der Waals surface area (Å²) in [6, 6.07) is 5.12. The molecule has 0 aromatic carbocycles. The molecule has 0 aliphatic carbocycles. The summed E-state index contributed by atoms with van der Waals surface area (Å²) in [5.41, 5.74) is 4.64. The number of nitro groups is 2. The van der Waals surface area contributed by atoms with Gasteiger partial charge in [-0.15, -0.1) is 0 Å². The smallest absolute Gasteiger partial charge is 0.400 e. The quantitative estimate of drug-likeness (QED) is 0.185. The van der Waals surface area contributed by atoms with E-state index < -0.39 is 21.6 Å². The molecule has 0 saturated heterocycles. The molecule has 0 radical (unpaired) electrons. The van der Waals surface area contributed by atoms with Gasteiger partial charge >= 0.3 is 11.8 Å². The summed E-state index contributed by atoms with van der Waals surface area (Å²) in [6.45, 7) is 0. The lowest BCUT2D eigenvalue weighted by molar-refractivity contribution is -0.402. The van der Waals surface area contributed by atoms with Crippen LogP contribution < -0.4 is 10.9 Å². The average molecular weight is 462 g/mol. The predicted octanol–water partition coefficient (Wildman–Crippen LogP) is 3.02. The highest BCUT2D eigenvalue weighted by Crippen LogP contribution is 2.14. The standard InChI is InChI=1S/C19H22N6O8/c26-16(22-20-12-14-8-10-18(32-14)24(28)29)6-4-2-1-3-5-7-17(27)23-21-13-15-9-11-19(33-15)25(30)31/h8-13H,1-7H2,(H,22,26)(H,23,27). The molecule has 14 heteroatoms. The minimum Gasteiger partial charge on any atom is -0.400 e. The number of amides is 2. The number of nitrogens with one attached hydrogen (secondary N) is 2. The monoisotopic (exact) mass is 462 g/mol. The number of hydrogen-bond donors (Lipinski definition) is 2. The van der Waals surface area contributed by atoms with Gasteiger partial charge in [0.2, 0.25) is 11.8 Å². The van der Waals surface area contributed by atoms with Crippen molar-refractivity contribution < 1.29 is 28.3 Å². The van der Waals surface area contributed by atoms with Gasteiger partial charge in [-0.05, 0) is 25.0 Å². The molecule has 0 saturated carbocycles. The second-order valence-corrected chi connectivity index (χ2v) is 6.72. The number of hydrogen-bond acceptors (Lipinski definition) is 10. The minimum absolute atomic E-state index is 0.154. The van der Waals surface area contributed by atoms with Crippen LogP contribution in [-0.2, 0) is 9.59 Å². The van der Waals surface area contributed by atoms with Crippen molar-refractivity contribution in [1.82, 2.24) is 10.9 Å². The molecule has 0 fully saturated rings. The summed E-state index contributed by atoms with van der Waals surface area (Å²) in [4.78, 5) is 43.0. The van der Waals surface area contributed by atoms with Gasteiger partial charge < -0.3 is 8.83 Å². The van der Waals surface area contributed by atoms with Crippen LogP contribution in [0, 0.1) is 20.2 Å². The first-order valence-electron chi connectivity index (χ1n) is 9.97. The average Bonchev–Trinajstić information content (AvgIpc) is 3.43. The number of rotatable bonds is 14. The van der Waals surface area contributed by atoms with Crippen LogP contribution in [-0.4, -0.2) is 34.1 Å². The molecule has 2 aromatic rings. The minimum atomic E-state index is -0.671. The number of hydrazone groups is 2. The Morgan fingerprint density at radius 2 is 1.15 bits per heavy atom. The molecule has 176 valence electrons. The van der Waals surface area contributed by atoms with Crippen molar-refractivity contribution in [1.29, 1.82) is 0 Å². The van der Waals surface area contributed by atoms with Crippen LogP contribution in [0.5, 0.6) is 0 Å². The Bertz CT molecular complexity index is 945. The van der Waals surface area contributed by atoms with Gasteiger partial charge in [0, 0.05) is 12.8 Å². The lowest BCUT2D eigenvalue weighted by atomic mass is 10.1. The van der Waals surface area contributed by atoms with Gasteiger partial charge in [0.25, 0.3) is 0 Å². The third-order valence-corrected chi connectivity index (χ3v) is 4.15. The van der Waals surface area contributed by atoms with E-state index in [2.05, 4.69) is 21.1 Å². The van der Waals surface area contributed by atoms with Crippen molar-refractivity contribution in [3.8, 4) is 0 Å². The van der Waals surface area contributed by atoms with E-state index in [9.17, 15) is 29.8 Å². The van der Waals surface area contributed by atoms with Crippen LogP contribution in [0.15, 0.2) is 43.3 Å². The Hall–Kier alpha value is -4.36. The Morgan fingerprint density at radius 3 is 1.52 bits per heavy atom. The Kier molecular flexibility index (Phi) is 9.92. The molecule has 2 rings (SSSR count). The zero-order valence-corrected chi connectivity index (χ0v) is 17.5. The summed E-state index contributed by atoms with van der Waals surface area (Å²) in [7, 11) is 0. The van der Waals surface area contributed by atoms with Gasteiger partial charge in [-0.2, -0.15) is 10.2 Å². The van der Waals surface area contributed by atoms with Gasteiger partial charge in [-0.25, -0.2) is 10.9 Å². The summed E-state index contributed by atoms with van der Waals surface area (Å²) in [6.07, 6.45) is 6.66. The van der Waals surface area contributed by atoms with E-state index in [1.54, 1.807) is 0 Å². The first kappa shape index (κ1) is 24.9. The highest BCUT2D eigenvalue weighted by molar-refractivity contribution is 5.81. The fourth-order valence-corrected chi connectivity index (χ4v) is 2.57. The molecule has 2 heterocycles. The van der Waals surface area contributed by atoms with Gasteiger partial charge in [0.05, 0.1) is 24.6 Å². The molecule has 0 unspecified atom stereocenters. The van der Waals surface area contributed by atoms with E-state index in [4.69, 9.17) is 8.83 Å². The van der Waals surface area contributed by atoms with Gasteiger partial charge in [0.1, 0.15) is 9.85 Å². The number of nitrogens with zero attached hydrogens (tertiary/aromatic N) is 4. The second-order valence-electron chi connectivity index (χ2n) is 6.72. The molecule has 0 aliphatic heterocycles. The first-order valence-corrected chi connectivity index (χ1v) is 9.97. The number of furan rings is 2. The van der Waals surface area contributed by atoms with Crippen LogP contribution in [0.1, 0.15) is 56.5 Å². The largest absolute Gasteiger partial charge is 0.433 e. The lowest BCUT2D eigenvalue weighted by Crippen LogP contribution is -2.17. The van der Waals surface area contributed by atoms with Crippen LogP contribution in [0.4, 0.5) is 11.8 Å². The van der Waals surface area contributed by atoms with E-state index >= 15 is 0 Å². The molecular weight excluding hydrogens is 440 g/mol. The highest BCUT2D eigenvalue weighted by Gasteiger charge is 2.11. The molecule has 33 heavy (non-hydrogen) atoms. The van der Waals surface area contributed by atoms with E-state index in [0.717, 1.165) is 19.3 Å². The van der Waals surface area contributed by atoms with Crippen molar-refractivity contribution in [2.75, 3.05) is 0 Å². The Balaban J connectivity index is 1.48. The second kappa shape index (κ2) is 13.1. The van der Waals surface area contributed by atoms with Crippen molar-refractivity contribution in [3.05, 3.63) is 56.0 Å². The van der Waals surface area contributed by atoms with Crippen molar-refractivity contribution in [3.63, 3.8) is 0 Å². The third kappa shape index (κ3) is 9.54. The van der Waals surface area contributed by atoms with Gasteiger partial charge in [0.15, 0.2) is 11.5 Å². The maximum atomic E-state index is 11.7. The Labute approximate surface area is 187 Å². The molecule has 2 N–H and O–H groups in total. The third-order valence-electron chi connectivity index (χ3n) is 4.15. The fraction of sp³-hybridized carbons (Fsp3) is 0.368. The Morgan fingerprint density at radius 1 is 0.758 bits per heavy atom. The van der Waals surface area contributed by atoms with Gasteiger partial charge in [-0.1, -0.05) is 19.3 Å². The number of carbonyl (C=O) groups is 2. The molecule has 2 aromatic heterocycles. The van der Waals surface area contributed by atoms with Crippen LogP contribution in [0.2, 0.25) is 0 Å². The molecule has 0 atom stereocenters. The molecule has 0 bridgehead atoms. The zero-order chi connectivity index (χ0) is 24.1. The highest BCUT2D eigenvalue weighted by atomic mass is 16.7. The summed E-state index contributed by atoms with van der Waals surface area (Å²) in [5, 5.41) is 28.4. The molecule has 14 nitrogen and oxygen atoms in total. The van der Waals surface area contributed by atoms with Crippen LogP contribution in [0.3, 0.4) is 0 Å². The summed E-state index contributed by atoms with van der Waals surface area (Å²) < 4.78 is 9.74. The predicted molar refractivity (Wildman–Crippen MR) is 115 cm³/mol. The summed E-state index contributed by atoms with van der Waals surface area (Å²) in [5.74, 6) is -1.08. The van der Waals surface area contributed by atoms with E-state index in [-0.39, 0.29) is 36.2 Å². The molecule has 0 spiro atoms. The molecular formula is C19H22N6O8. The van der Waals surface area contributed by atoms with Crippen LogP contribution in [0.25, 0.3) is 0 Å². The van der Waals surface area contributed by atoms with E-state index in [1.807, 2.05) is 0 Å². The van der Waals surface area contributed by atoms with Gasteiger partial charge in [-0.3, -0.25) is 29.8 Å². The first-order chi connectivity index (χ1) is 15.8. The van der Waals surface area contributed by atoms with E-state index in [1.165, 1.54) is 36.7 Å². The molecule has 0 aliphatic rings. The number of unbranched alkanes of at least 4 members (excludes halogenated alkanes) is 4.